The number of aromatic hydroxyl groups is 2. The lowest BCUT2D eigenvalue weighted by Crippen LogP contribution is -2.05. The summed E-state index contributed by atoms with van der Waals surface area (Å²) in [6.07, 6.45) is 2.42. The second-order valence-electron chi connectivity index (χ2n) is 5.02. The molecule has 6 nitrogen and oxygen atoms in total. The Morgan fingerprint density at radius 3 is 2.54 bits per heavy atom. The molecule has 0 bridgehead atoms. The fourth-order valence-electron chi connectivity index (χ4n) is 2.23. The number of ketones is 1. The van der Waals surface area contributed by atoms with E-state index in [1.807, 2.05) is 0 Å². The minimum atomic E-state index is -1.07. The molecule has 0 aliphatic heterocycles. The first-order chi connectivity index (χ1) is 11.4. The minimum absolute atomic E-state index is 0.00241. The lowest BCUT2D eigenvalue weighted by molar-refractivity contribution is -0.136. The summed E-state index contributed by atoms with van der Waals surface area (Å²) in [6.45, 7) is 0. The quantitative estimate of drug-likeness (QED) is 0.556. The van der Waals surface area contributed by atoms with Gasteiger partial charge >= 0.3 is 5.97 Å². The van der Waals surface area contributed by atoms with Gasteiger partial charge in [-0.2, -0.15) is 0 Å². The Morgan fingerprint density at radius 1 is 1.17 bits per heavy atom. The Kier molecular flexibility index (Phi) is 5.21. The van der Waals surface area contributed by atoms with E-state index in [9.17, 15) is 19.8 Å². The van der Waals surface area contributed by atoms with Gasteiger partial charge in [-0.3, -0.25) is 9.59 Å². The second kappa shape index (κ2) is 7.32. The van der Waals surface area contributed by atoms with E-state index < -0.39 is 17.5 Å². The SMILES string of the molecule is COc1c(CC(=O)O)ccc(C(=O)C=Cc2cccc(O)c2)c1O. The highest BCUT2D eigenvalue weighted by molar-refractivity contribution is 6.09. The van der Waals surface area contributed by atoms with Crippen LogP contribution in [0.2, 0.25) is 0 Å². The Morgan fingerprint density at radius 2 is 1.92 bits per heavy atom. The zero-order valence-corrected chi connectivity index (χ0v) is 12.9. The van der Waals surface area contributed by atoms with Crippen molar-refractivity contribution in [2.24, 2.45) is 0 Å². The minimum Gasteiger partial charge on any atom is -0.508 e. The summed E-state index contributed by atoms with van der Waals surface area (Å²) in [7, 11) is 1.29. The fraction of sp³-hybridized carbons (Fsp3) is 0.111. The van der Waals surface area contributed by atoms with Crippen LogP contribution in [0.15, 0.2) is 42.5 Å². The van der Waals surface area contributed by atoms with Gasteiger partial charge in [-0.05, 0) is 29.8 Å². The van der Waals surface area contributed by atoms with E-state index in [2.05, 4.69) is 0 Å². The molecular weight excluding hydrogens is 312 g/mol. The maximum absolute atomic E-state index is 12.2. The molecule has 0 amide bonds. The van der Waals surface area contributed by atoms with Crippen LogP contribution in [0.4, 0.5) is 0 Å². The van der Waals surface area contributed by atoms with Gasteiger partial charge < -0.3 is 20.1 Å². The summed E-state index contributed by atoms with van der Waals surface area (Å²) >= 11 is 0. The number of aliphatic carboxylic acids is 1. The summed E-state index contributed by atoms with van der Waals surface area (Å²) in [6, 6.07) is 9.13. The molecule has 3 N–H and O–H groups in total. The van der Waals surface area contributed by atoms with E-state index in [0.29, 0.717) is 5.56 Å². The van der Waals surface area contributed by atoms with Crippen LogP contribution in [0.5, 0.6) is 17.2 Å². The van der Waals surface area contributed by atoms with Crippen molar-refractivity contribution in [1.82, 2.24) is 0 Å². The van der Waals surface area contributed by atoms with Crippen molar-refractivity contribution in [3.05, 3.63) is 59.2 Å². The number of rotatable bonds is 6. The Labute approximate surface area is 138 Å². The number of carboxylic acid groups (broad SMARTS) is 1. The zero-order chi connectivity index (χ0) is 17.7. The largest absolute Gasteiger partial charge is 0.508 e. The topological polar surface area (TPSA) is 104 Å². The third-order valence-corrected chi connectivity index (χ3v) is 3.32. The smallest absolute Gasteiger partial charge is 0.307 e. The first kappa shape index (κ1) is 17.1. The molecule has 2 aromatic carbocycles. The van der Waals surface area contributed by atoms with Crippen LogP contribution in [0.3, 0.4) is 0 Å². The number of hydrogen-bond donors (Lipinski definition) is 3. The summed E-state index contributed by atoms with van der Waals surface area (Å²) < 4.78 is 5.02. The van der Waals surface area contributed by atoms with Crippen molar-refractivity contribution in [1.29, 1.82) is 0 Å². The molecule has 0 heterocycles. The number of carbonyl (C=O) groups is 2. The van der Waals surface area contributed by atoms with Gasteiger partial charge in [-0.1, -0.05) is 24.3 Å². The second-order valence-corrected chi connectivity index (χ2v) is 5.02. The molecule has 0 aliphatic rings. The van der Waals surface area contributed by atoms with Crippen LogP contribution in [-0.4, -0.2) is 34.2 Å². The molecule has 0 fully saturated rings. The van der Waals surface area contributed by atoms with Gasteiger partial charge in [-0.25, -0.2) is 0 Å². The third-order valence-electron chi connectivity index (χ3n) is 3.32. The van der Waals surface area contributed by atoms with E-state index in [0.717, 1.165) is 0 Å². The molecule has 0 atom stereocenters. The first-order valence-corrected chi connectivity index (χ1v) is 7.04. The summed E-state index contributed by atoms with van der Waals surface area (Å²) in [5.74, 6) is -1.91. The molecule has 0 spiro atoms. The molecule has 0 radical (unpaired) electrons. The van der Waals surface area contributed by atoms with Gasteiger partial charge in [0.05, 0.1) is 19.1 Å². The highest BCUT2D eigenvalue weighted by Crippen LogP contribution is 2.34. The standard InChI is InChI=1S/C18H16O6/c1-24-18-12(10-16(21)22)6-7-14(17(18)23)15(20)8-5-11-3-2-4-13(19)9-11/h2-9,19,23H,10H2,1H3,(H,21,22). The molecule has 124 valence electrons. The molecule has 0 saturated heterocycles. The number of hydrogen-bond acceptors (Lipinski definition) is 5. The van der Waals surface area contributed by atoms with E-state index in [1.54, 1.807) is 12.1 Å². The Balaban J connectivity index is 2.31. The number of phenolic OH excluding ortho intramolecular Hbond substituents is 2. The molecule has 0 saturated carbocycles. The van der Waals surface area contributed by atoms with E-state index >= 15 is 0 Å². The first-order valence-electron chi connectivity index (χ1n) is 7.04. The van der Waals surface area contributed by atoms with Gasteiger partial charge in [0.25, 0.3) is 0 Å². The molecule has 0 aromatic heterocycles. The maximum Gasteiger partial charge on any atom is 0.307 e. The summed E-state index contributed by atoms with van der Waals surface area (Å²) in [5.41, 5.74) is 0.894. The number of phenols is 2. The number of benzene rings is 2. The van der Waals surface area contributed by atoms with Gasteiger partial charge in [-0.15, -0.1) is 0 Å². The maximum atomic E-state index is 12.2. The Bertz CT molecular complexity index is 807. The number of methoxy groups -OCH3 is 1. The predicted molar refractivity (Wildman–Crippen MR) is 87.5 cm³/mol. The van der Waals surface area contributed by atoms with Crippen molar-refractivity contribution in [2.45, 2.75) is 6.42 Å². The molecule has 0 aliphatic carbocycles. The number of carbonyl (C=O) groups excluding carboxylic acids is 1. The highest BCUT2D eigenvalue weighted by Gasteiger charge is 2.18. The summed E-state index contributed by atoms with van der Waals surface area (Å²) in [5, 5.41) is 28.4. The van der Waals surface area contributed by atoms with Crippen molar-refractivity contribution in [3.63, 3.8) is 0 Å². The molecule has 2 aromatic rings. The summed E-state index contributed by atoms with van der Waals surface area (Å²) in [4.78, 5) is 23.1. The molecule has 6 heteroatoms. The average molecular weight is 328 g/mol. The van der Waals surface area contributed by atoms with Crippen LogP contribution in [0.25, 0.3) is 6.08 Å². The van der Waals surface area contributed by atoms with Crippen molar-refractivity contribution in [2.75, 3.05) is 7.11 Å². The lowest BCUT2D eigenvalue weighted by Gasteiger charge is -2.11. The van der Waals surface area contributed by atoms with E-state index in [-0.39, 0.29) is 29.0 Å². The van der Waals surface area contributed by atoms with Gasteiger partial charge in [0.1, 0.15) is 5.75 Å². The predicted octanol–water partition coefficient (Wildman–Crippen LogP) is 2.63. The number of allylic oxidation sites excluding steroid dienone is 1. The van der Waals surface area contributed by atoms with Gasteiger partial charge in [0.15, 0.2) is 17.3 Å². The number of carboxylic acids is 1. The lowest BCUT2D eigenvalue weighted by atomic mass is 10.0. The van der Waals surface area contributed by atoms with Crippen molar-refractivity contribution in [3.8, 4) is 17.2 Å². The van der Waals surface area contributed by atoms with Crippen LogP contribution in [0, 0.1) is 0 Å². The highest BCUT2D eigenvalue weighted by atomic mass is 16.5. The van der Waals surface area contributed by atoms with Crippen LogP contribution < -0.4 is 4.74 Å². The molecule has 24 heavy (non-hydrogen) atoms. The van der Waals surface area contributed by atoms with Crippen LogP contribution in [-0.2, 0) is 11.2 Å². The van der Waals surface area contributed by atoms with Gasteiger partial charge in [0, 0.05) is 5.56 Å². The van der Waals surface area contributed by atoms with Crippen LogP contribution in [0.1, 0.15) is 21.5 Å². The number of ether oxygens (including phenoxy) is 1. The van der Waals surface area contributed by atoms with Crippen molar-refractivity contribution < 1.29 is 29.6 Å². The van der Waals surface area contributed by atoms with Crippen molar-refractivity contribution >= 4 is 17.8 Å². The zero-order valence-electron chi connectivity index (χ0n) is 12.9. The van der Waals surface area contributed by atoms with E-state index in [1.165, 1.54) is 43.5 Å². The Hall–Kier alpha value is -3.28. The molecule has 0 unspecified atom stereocenters. The molecular formula is C18H16O6. The normalized spacial score (nSPS) is 10.7. The van der Waals surface area contributed by atoms with E-state index in [4.69, 9.17) is 9.84 Å². The fourth-order valence-corrected chi connectivity index (χ4v) is 2.23. The van der Waals surface area contributed by atoms with Gasteiger partial charge in [0.2, 0.25) is 0 Å². The third kappa shape index (κ3) is 3.92. The monoisotopic (exact) mass is 328 g/mol. The molecule has 2 rings (SSSR count). The van der Waals surface area contributed by atoms with Crippen LogP contribution >= 0.6 is 0 Å². The average Bonchev–Trinajstić information content (AvgIpc) is 2.52.